The van der Waals surface area contributed by atoms with Crippen LogP contribution in [-0.2, 0) is 0 Å². The van der Waals surface area contributed by atoms with E-state index in [-0.39, 0.29) is 0 Å². The lowest BCUT2D eigenvalue weighted by molar-refractivity contribution is 0.384. The molecule has 4 heteroatoms. The maximum Gasteiger partial charge on any atom is 0.0587 e. The van der Waals surface area contributed by atoms with Gasteiger partial charge in [0.25, 0.3) is 0 Å². The minimum atomic E-state index is 0.711. The van der Waals surface area contributed by atoms with Gasteiger partial charge in [-0.2, -0.15) is 0 Å². The van der Waals surface area contributed by atoms with Crippen molar-refractivity contribution >= 4 is 0 Å². The van der Waals surface area contributed by atoms with Crippen LogP contribution >= 0.6 is 0 Å². The van der Waals surface area contributed by atoms with E-state index in [1.807, 2.05) is 0 Å². The fraction of sp³-hybridized carbons (Fsp3) is 1.00. The van der Waals surface area contributed by atoms with Crippen LogP contribution < -0.4 is 16.6 Å². The third-order valence-corrected chi connectivity index (χ3v) is 2.45. The molecule has 0 aromatic rings. The summed E-state index contributed by atoms with van der Waals surface area (Å²) in [4.78, 5) is 2.39. The fourth-order valence-corrected chi connectivity index (χ4v) is 1.73. The molecule has 0 amide bonds. The summed E-state index contributed by atoms with van der Waals surface area (Å²) in [5.41, 5.74) is 2.58. The van der Waals surface area contributed by atoms with Crippen molar-refractivity contribution in [1.82, 2.24) is 15.6 Å². The summed E-state index contributed by atoms with van der Waals surface area (Å²) in [5.74, 6) is 6.01. The molecule has 1 fully saturated rings. The number of nitrogens with one attached hydrogen (secondary N) is 2. The van der Waals surface area contributed by atoms with Gasteiger partial charge in [0, 0.05) is 6.54 Å². The lowest BCUT2D eigenvalue weighted by Crippen LogP contribution is -2.34. The Kier molecular flexibility index (Phi) is 4.53. The van der Waals surface area contributed by atoms with E-state index in [1.54, 1.807) is 0 Å². The van der Waals surface area contributed by atoms with Gasteiger partial charge in [0.1, 0.15) is 0 Å². The second-order valence-electron chi connectivity index (χ2n) is 3.59. The highest BCUT2D eigenvalue weighted by molar-refractivity contribution is 4.73. The molecule has 0 aromatic carbocycles. The van der Waals surface area contributed by atoms with Crippen molar-refractivity contribution in [3.05, 3.63) is 0 Å². The van der Waals surface area contributed by atoms with E-state index in [0.29, 0.717) is 6.67 Å². The minimum absolute atomic E-state index is 0.711. The van der Waals surface area contributed by atoms with Gasteiger partial charge in [-0.25, -0.2) is 5.43 Å². The number of nitrogens with two attached hydrogens (primary N) is 1. The topological polar surface area (TPSA) is 53.3 Å². The van der Waals surface area contributed by atoms with Crippen molar-refractivity contribution < 1.29 is 0 Å². The SMILES string of the molecule is CN1CCC(CCNCNN)C1. The van der Waals surface area contributed by atoms with Crippen LogP contribution in [0.25, 0.3) is 0 Å². The molecule has 1 saturated heterocycles. The Morgan fingerprint density at radius 2 is 2.42 bits per heavy atom. The highest BCUT2D eigenvalue weighted by Crippen LogP contribution is 2.16. The lowest BCUT2D eigenvalue weighted by Gasteiger charge is -2.10. The van der Waals surface area contributed by atoms with Crippen molar-refractivity contribution in [1.29, 1.82) is 0 Å². The average molecular weight is 172 g/mol. The Morgan fingerprint density at radius 1 is 1.58 bits per heavy atom. The second-order valence-corrected chi connectivity index (χ2v) is 3.59. The number of nitrogens with zero attached hydrogens (tertiary/aromatic N) is 1. The van der Waals surface area contributed by atoms with E-state index in [2.05, 4.69) is 22.7 Å². The van der Waals surface area contributed by atoms with E-state index in [9.17, 15) is 0 Å². The van der Waals surface area contributed by atoms with Crippen LogP contribution in [0.3, 0.4) is 0 Å². The third-order valence-electron chi connectivity index (χ3n) is 2.45. The number of hydrogen-bond acceptors (Lipinski definition) is 4. The van der Waals surface area contributed by atoms with Gasteiger partial charge in [0.05, 0.1) is 6.67 Å². The van der Waals surface area contributed by atoms with Gasteiger partial charge >= 0.3 is 0 Å². The van der Waals surface area contributed by atoms with Gasteiger partial charge in [-0.05, 0) is 38.9 Å². The van der Waals surface area contributed by atoms with Gasteiger partial charge in [0.2, 0.25) is 0 Å². The summed E-state index contributed by atoms with van der Waals surface area (Å²) in [6.07, 6.45) is 2.63. The van der Waals surface area contributed by atoms with Crippen LogP contribution in [-0.4, -0.2) is 38.3 Å². The minimum Gasteiger partial charge on any atom is -0.306 e. The number of hydrazine groups is 1. The molecule has 0 saturated carbocycles. The summed E-state index contributed by atoms with van der Waals surface area (Å²) in [6.45, 7) is 4.31. The van der Waals surface area contributed by atoms with Crippen LogP contribution in [0.1, 0.15) is 12.8 Å². The van der Waals surface area contributed by atoms with Gasteiger partial charge in [-0.3, -0.25) is 5.84 Å². The molecule has 72 valence electrons. The van der Waals surface area contributed by atoms with Crippen LogP contribution in [0.15, 0.2) is 0 Å². The quantitative estimate of drug-likeness (QED) is 0.223. The fourth-order valence-electron chi connectivity index (χ4n) is 1.73. The van der Waals surface area contributed by atoms with Gasteiger partial charge in [-0.15, -0.1) is 0 Å². The first-order chi connectivity index (χ1) is 5.83. The molecule has 4 N–H and O–H groups in total. The Bertz CT molecular complexity index is 118. The van der Waals surface area contributed by atoms with E-state index in [1.165, 1.54) is 25.9 Å². The summed E-state index contributed by atoms with van der Waals surface area (Å²) in [6, 6.07) is 0. The maximum atomic E-state index is 5.12. The number of rotatable bonds is 5. The molecule has 4 nitrogen and oxygen atoms in total. The predicted octanol–water partition coefficient (Wildman–Crippen LogP) is -0.661. The zero-order valence-corrected chi connectivity index (χ0v) is 7.84. The van der Waals surface area contributed by atoms with Gasteiger partial charge in [-0.1, -0.05) is 0 Å². The molecule has 0 aliphatic carbocycles. The highest BCUT2D eigenvalue weighted by Gasteiger charge is 2.18. The molecule has 1 aliphatic heterocycles. The highest BCUT2D eigenvalue weighted by atomic mass is 15.3. The lowest BCUT2D eigenvalue weighted by atomic mass is 10.1. The van der Waals surface area contributed by atoms with Crippen LogP contribution in [0.5, 0.6) is 0 Å². The van der Waals surface area contributed by atoms with Crippen molar-refractivity contribution in [3.63, 3.8) is 0 Å². The van der Waals surface area contributed by atoms with Gasteiger partial charge in [0.15, 0.2) is 0 Å². The molecular formula is C8H20N4. The number of hydrogen-bond donors (Lipinski definition) is 3. The first kappa shape index (κ1) is 9.92. The van der Waals surface area contributed by atoms with Crippen LogP contribution in [0, 0.1) is 5.92 Å². The molecule has 12 heavy (non-hydrogen) atoms. The van der Waals surface area contributed by atoms with Crippen LogP contribution in [0.4, 0.5) is 0 Å². The molecule has 1 aliphatic rings. The van der Waals surface area contributed by atoms with E-state index >= 15 is 0 Å². The average Bonchev–Trinajstić information content (AvgIpc) is 2.45. The first-order valence-corrected chi connectivity index (χ1v) is 4.65. The molecular weight excluding hydrogens is 152 g/mol. The van der Waals surface area contributed by atoms with E-state index in [0.717, 1.165) is 12.5 Å². The molecule has 1 unspecified atom stereocenters. The van der Waals surface area contributed by atoms with Crippen molar-refractivity contribution in [2.24, 2.45) is 11.8 Å². The van der Waals surface area contributed by atoms with Crippen molar-refractivity contribution in [2.45, 2.75) is 12.8 Å². The standard InChI is InChI=1S/C8H20N4/c1-12-5-3-8(6-12)2-4-10-7-11-9/h8,10-11H,2-7,9H2,1H3. The summed E-state index contributed by atoms with van der Waals surface area (Å²) in [7, 11) is 2.19. The molecule has 0 aromatic heterocycles. The first-order valence-electron chi connectivity index (χ1n) is 4.65. The zero-order chi connectivity index (χ0) is 8.81. The number of likely N-dealkylation sites (tertiary alicyclic amines) is 1. The van der Waals surface area contributed by atoms with Crippen molar-refractivity contribution in [2.75, 3.05) is 33.4 Å². The summed E-state index contributed by atoms with van der Waals surface area (Å²) < 4.78 is 0. The Labute approximate surface area is 74.5 Å². The zero-order valence-electron chi connectivity index (χ0n) is 7.84. The van der Waals surface area contributed by atoms with Gasteiger partial charge < -0.3 is 10.2 Å². The molecule has 1 atom stereocenters. The van der Waals surface area contributed by atoms with E-state index < -0.39 is 0 Å². The third kappa shape index (κ3) is 3.49. The molecule has 0 bridgehead atoms. The molecule has 0 spiro atoms. The second kappa shape index (κ2) is 5.48. The van der Waals surface area contributed by atoms with Crippen LogP contribution in [0.2, 0.25) is 0 Å². The Morgan fingerprint density at radius 3 is 3.00 bits per heavy atom. The van der Waals surface area contributed by atoms with E-state index in [4.69, 9.17) is 5.84 Å². The summed E-state index contributed by atoms with van der Waals surface area (Å²) in [5, 5.41) is 3.22. The molecule has 0 radical (unpaired) electrons. The predicted molar refractivity (Wildman–Crippen MR) is 50.4 cm³/mol. The summed E-state index contributed by atoms with van der Waals surface area (Å²) >= 11 is 0. The maximum absolute atomic E-state index is 5.12. The molecule has 1 rings (SSSR count). The van der Waals surface area contributed by atoms with Crippen molar-refractivity contribution in [3.8, 4) is 0 Å². The smallest absolute Gasteiger partial charge is 0.0587 e. The molecule has 1 heterocycles. The Hall–Kier alpha value is -0.160. The largest absolute Gasteiger partial charge is 0.306 e. The monoisotopic (exact) mass is 172 g/mol. The Balaban J connectivity index is 1.93. The normalized spacial score (nSPS) is 25.0.